The van der Waals surface area contributed by atoms with E-state index >= 15 is 0 Å². The molecule has 0 aromatic heterocycles. The first-order valence-corrected chi connectivity index (χ1v) is 8.59. The lowest BCUT2D eigenvalue weighted by molar-refractivity contribution is 0.352. The number of nitrogens with two attached hydrogens (primary N) is 1. The second-order valence-electron chi connectivity index (χ2n) is 5.46. The third-order valence-corrected chi connectivity index (χ3v) is 4.86. The van der Waals surface area contributed by atoms with Crippen molar-refractivity contribution in [1.82, 2.24) is 0 Å². The zero-order valence-corrected chi connectivity index (χ0v) is 15.0. The molecule has 1 aliphatic heterocycles. The van der Waals surface area contributed by atoms with Crippen molar-refractivity contribution in [2.75, 3.05) is 6.61 Å². The minimum Gasteiger partial charge on any atom is -0.493 e. The van der Waals surface area contributed by atoms with Gasteiger partial charge in [0.25, 0.3) is 0 Å². The van der Waals surface area contributed by atoms with Crippen LogP contribution in [0.25, 0.3) is 0 Å². The van der Waals surface area contributed by atoms with Crippen LogP contribution in [0, 0.1) is 6.92 Å². The van der Waals surface area contributed by atoms with Crippen LogP contribution in [0.15, 0.2) is 39.3 Å². The van der Waals surface area contributed by atoms with Crippen LogP contribution in [0.2, 0.25) is 0 Å². The highest BCUT2D eigenvalue weighted by atomic mass is 79.9. The second-order valence-corrected chi connectivity index (χ2v) is 7.29. The number of aryl methyl sites for hydroxylation is 1. The van der Waals surface area contributed by atoms with E-state index < -0.39 is 0 Å². The fourth-order valence-corrected chi connectivity index (χ4v) is 3.79. The summed E-state index contributed by atoms with van der Waals surface area (Å²) < 4.78 is 7.95. The van der Waals surface area contributed by atoms with Crippen molar-refractivity contribution in [3.8, 4) is 5.75 Å². The van der Waals surface area contributed by atoms with E-state index in [-0.39, 0.29) is 6.04 Å². The molecule has 2 nitrogen and oxygen atoms in total. The molecule has 3 rings (SSSR count). The molecule has 2 aromatic carbocycles. The molecule has 1 heterocycles. The molecule has 0 saturated heterocycles. The van der Waals surface area contributed by atoms with Crippen molar-refractivity contribution in [3.63, 3.8) is 0 Å². The molecular formula is C17H17Br2NO. The molecule has 2 aromatic rings. The van der Waals surface area contributed by atoms with Crippen molar-refractivity contribution < 1.29 is 4.74 Å². The highest BCUT2D eigenvalue weighted by Crippen LogP contribution is 2.35. The normalized spacial score (nSPS) is 14.7. The van der Waals surface area contributed by atoms with Gasteiger partial charge in [-0.1, -0.05) is 37.9 Å². The molecule has 0 fully saturated rings. The van der Waals surface area contributed by atoms with E-state index in [2.05, 4.69) is 63.0 Å². The second kappa shape index (κ2) is 6.11. The number of rotatable bonds is 3. The molecule has 0 saturated carbocycles. The SMILES string of the molecule is Cc1ccc(Br)cc1C(N)Cc1cc(Br)cc2c1OCC2. The van der Waals surface area contributed by atoms with Crippen LogP contribution in [0.1, 0.15) is 28.3 Å². The summed E-state index contributed by atoms with van der Waals surface area (Å²) in [6.45, 7) is 2.87. The van der Waals surface area contributed by atoms with Crippen molar-refractivity contribution in [1.29, 1.82) is 0 Å². The Morgan fingerprint density at radius 1 is 1.19 bits per heavy atom. The van der Waals surface area contributed by atoms with E-state index in [0.717, 1.165) is 34.1 Å². The van der Waals surface area contributed by atoms with Gasteiger partial charge in [-0.15, -0.1) is 0 Å². The lowest BCUT2D eigenvalue weighted by Gasteiger charge is -2.17. The molecule has 4 heteroatoms. The van der Waals surface area contributed by atoms with Crippen molar-refractivity contribution >= 4 is 31.9 Å². The third kappa shape index (κ3) is 3.17. The molecule has 1 aliphatic rings. The largest absolute Gasteiger partial charge is 0.493 e. The van der Waals surface area contributed by atoms with E-state index in [0.29, 0.717) is 0 Å². The Hall–Kier alpha value is -0.840. The molecule has 21 heavy (non-hydrogen) atoms. The topological polar surface area (TPSA) is 35.2 Å². The monoisotopic (exact) mass is 409 g/mol. The number of hydrogen-bond acceptors (Lipinski definition) is 2. The minimum atomic E-state index is -0.0369. The molecule has 0 radical (unpaired) electrons. The fraction of sp³-hybridized carbons (Fsp3) is 0.294. The molecule has 0 bridgehead atoms. The summed E-state index contributed by atoms with van der Waals surface area (Å²) in [5.41, 5.74) is 11.3. The first-order chi connectivity index (χ1) is 10.0. The maximum atomic E-state index is 6.45. The fourth-order valence-electron chi connectivity index (χ4n) is 2.86. The zero-order valence-electron chi connectivity index (χ0n) is 11.8. The van der Waals surface area contributed by atoms with Crippen LogP contribution in [0.4, 0.5) is 0 Å². The first-order valence-electron chi connectivity index (χ1n) is 7.00. The lowest BCUT2D eigenvalue weighted by atomic mass is 9.95. The van der Waals surface area contributed by atoms with E-state index in [1.54, 1.807) is 0 Å². The summed E-state index contributed by atoms with van der Waals surface area (Å²) in [6.07, 6.45) is 1.76. The summed E-state index contributed by atoms with van der Waals surface area (Å²) >= 11 is 7.11. The molecule has 1 unspecified atom stereocenters. The van der Waals surface area contributed by atoms with Crippen molar-refractivity contribution in [3.05, 3.63) is 61.5 Å². The number of benzene rings is 2. The number of hydrogen-bond donors (Lipinski definition) is 1. The highest BCUT2D eigenvalue weighted by Gasteiger charge is 2.20. The lowest BCUT2D eigenvalue weighted by Crippen LogP contribution is -2.15. The molecular weight excluding hydrogens is 394 g/mol. The minimum absolute atomic E-state index is 0.0369. The van der Waals surface area contributed by atoms with Gasteiger partial charge in [-0.25, -0.2) is 0 Å². The molecule has 110 valence electrons. The van der Waals surface area contributed by atoms with Crippen LogP contribution < -0.4 is 10.5 Å². The van der Waals surface area contributed by atoms with Gasteiger partial charge < -0.3 is 10.5 Å². The first kappa shape index (κ1) is 15.1. The molecule has 0 spiro atoms. The van der Waals surface area contributed by atoms with Gasteiger partial charge in [-0.2, -0.15) is 0 Å². The van der Waals surface area contributed by atoms with Gasteiger partial charge in [0.05, 0.1) is 6.61 Å². The third-order valence-electron chi connectivity index (χ3n) is 3.91. The maximum Gasteiger partial charge on any atom is 0.125 e. The average Bonchev–Trinajstić information content (AvgIpc) is 2.89. The van der Waals surface area contributed by atoms with Gasteiger partial charge in [-0.3, -0.25) is 0 Å². The standard InChI is InChI=1S/C17H17Br2NO/c1-10-2-3-13(18)9-15(10)16(20)8-12-7-14(19)6-11-4-5-21-17(11)12/h2-3,6-7,9,16H,4-5,8,20H2,1H3. The van der Waals surface area contributed by atoms with Crippen LogP contribution in [0.5, 0.6) is 5.75 Å². The smallest absolute Gasteiger partial charge is 0.125 e. The highest BCUT2D eigenvalue weighted by molar-refractivity contribution is 9.10. The predicted molar refractivity (Wildman–Crippen MR) is 92.9 cm³/mol. The number of halogens is 2. The summed E-state index contributed by atoms with van der Waals surface area (Å²) in [4.78, 5) is 0. The Morgan fingerprint density at radius 3 is 2.81 bits per heavy atom. The van der Waals surface area contributed by atoms with Gasteiger partial charge in [0, 0.05) is 21.4 Å². The summed E-state index contributed by atoms with van der Waals surface area (Å²) in [7, 11) is 0. The van der Waals surface area contributed by atoms with Crippen LogP contribution in [-0.2, 0) is 12.8 Å². The quantitative estimate of drug-likeness (QED) is 0.795. The van der Waals surface area contributed by atoms with Gasteiger partial charge >= 0.3 is 0 Å². The predicted octanol–water partition coefficient (Wildman–Crippen LogP) is 4.70. The van der Waals surface area contributed by atoms with E-state index in [9.17, 15) is 0 Å². The molecule has 1 atom stereocenters. The Labute approximate surface area is 141 Å². The van der Waals surface area contributed by atoms with Crippen LogP contribution >= 0.6 is 31.9 Å². The van der Waals surface area contributed by atoms with E-state index in [1.807, 2.05) is 6.07 Å². The Bertz CT molecular complexity index is 685. The van der Waals surface area contributed by atoms with Gasteiger partial charge in [0.2, 0.25) is 0 Å². The van der Waals surface area contributed by atoms with Gasteiger partial charge in [0.15, 0.2) is 0 Å². The summed E-state index contributed by atoms with van der Waals surface area (Å²) in [5, 5.41) is 0. The van der Waals surface area contributed by atoms with Crippen LogP contribution in [-0.4, -0.2) is 6.61 Å². The molecule has 2 N–H and O–H groups in total. The zero-order chi connectivity index (χ0) is 15.0. The summed E-state index contributed by atoms with van der Waals surface area (Å²) in [5.74, 6) is 1.03. The van der Waals surface area contributed by atoms with Crippen molar-refractivity contribution in [2.24, 2.45) is 5.73 Å². The van der Waals surface area contributed by atoms with Gasteiger partial charge in [-0.05, 0) is 59.9 Å². The Morgan fingerprint density at radius 2 is 2.00 bits per heavy atom. The number of fused-ring (bicyclic) bond motifs is 1. The molecule has 0 aliphatic carbocycles. The Kier molecular flexibility index (Phi) is 4.38. The van der Waals surface area contributed by atoms with Gasteiger partial charge in [0.1, 0.15) is 5.75 Å². The maximum absolute atomic E-state index is 6.45. The average molecular weight is 411 g/mol. The van der Waals surface area contributed by atoms with E-state index in [1.165, 1.54) is 22.3 Å². The van der Waals surface area contributed by atoms with Crippen molar-refractivity contribution in [2.45, 2.75) is 25.8 Å². The Balaban J connectivity index is 1.92. The number of ether oxygens (including phenoxy) is 1. The van der Waals surface area contributed by atoms with E-state index in [4.69, 9.17) is 10.5 Å². The molecule has 0 amide bonds. The van der Waals surface area contributed by atoms with Crippen LogP contribution in [0.3, 0.4) is 0 Å². The summed E-state index contributed by atoms with van der Waals surface area (Å²) in [6, 6.07) is 10.5.